The molecule has 2 N–H and O–H groups in total. The molecule has 4 rings (SSSR count). The van der Waals surface area contributed by atoms with Crippen molar-refractivity contribution in [3.63, 3.8) is 0 Å². The summed E-state index contributed by atoms with van der Waals surface area (Å²) in [5.74, 6) is -0.791. The third kappa shape index (κ3) is 5.64. The van der Waals surface area contributed by atoms with Crippen LogP contribution in [0.25, 0.3) is 0 Å². The molecular formula is C23H25ClN4O5S. The molecule has 11 heteroatoms. The molecule has 1 aromatic carbocycles. The topological polar surface area (TPSA) is 113 Å². The van der Waals surface area contributed by atoms with Gasteiger partial charge in [0.2, 0.25) is 0 Å². The number of ether oxygens (including phenoxy) is 2. The van der Waals surface area contributed by atoms with Crippen LogP contribution in [0, 0.1) is 0 Å². The van der Waals surface area contributed by atoms with Gasteiger partial charge >= 0.3 is 11.9 Å². The van der Waals surface area contributed by atoms with Gasteiger partial charge in [-0.05, 0) is 12.5 Å². The molecule has 0 spiro atoms. The Labute approximate surface area is 206 Å². The normalized spacial score (nSPS) is 21.1. The second kappa shape index (κ2) is 11.1. The number of thiazole rings is 1. The number of carboxylic acid groups (broad SMARTS) is 1. The van der Waals surface area contributed by atoms with Crippen LogP contribution >= 0.6 is 22.9 Å². The van der Waals surface area contributed by atoms with Gasteiger partial charge in [0.1, 0.15) is 6.04 Å². The monoisotopic (exact) mass is 504 g/mol. The van der Waals surface area contributed by atoms with Gasteiger partial charge in [-0.3, -0.25) is 14.7 Å². The zero-order chi connectivity index (χ0) is 24.1. The van der Waals surface area contributed by atoms with E-state index in [1.165, 1.54) is 18.4 Å². The molecule has 2 aliphatic heterocycles. The van der Waals surface area contributed by atoms with Crippen molar-refractivity contribution in [3.05, 3.63) is 62.7 Å². The minimum absolute atomic E-state index is 0.0439. The second-order valence-corrected chi connectivity index (χ2v) is 9.21. The third-order valence-corrected chi connectivity index (χ3v) is 6.77. The number of morpholine rings is 1. The summed E-state index contributed by atoms with van der Waals surface area (Å²) in [6.07, 6.45) is 1.98. The lowest BCUT2D eigenvalue weighted by Crippen LogP contribution is -2.46. The Morgan fingerprint density at radius 2 is 2.21 bits per heavy atom. The number of carbonyl (C=O) groups is 2. The number of hydrogen-bond acceptors (Lipinski definition) is 9. The number of rotatable bonds is 8. The number of aromatic nitrogens is 1. The predicted octanol–water partition coefficient (Wildman–Crippen LogP) is 2.88. The Morgan fingerprint density at radius 3 is 2.91 bits per heavy atom. The van der Waals surface area contributed by atoms with Crippen LogP contribution in [0.15, 0.2) is 52.1 Å². The number of nitrogens with zero attached hydrogens (tertiary/aromatic N) is 3. The van der Waals surface area contributed by atoms with Crippen LogP contribution in [0.4, 0.5) is 0 Å². The van der Waals surface area contributed by atoms with Crippen molar-refractivity contribution in [1.29, 1.82) is 0 Å². The molecule has 34 heavy (non-hydrogen) atoms. The van der Waals surface area contributed by atoms with Crippen molar-refractivity contribution in [2.45, 2.75) is 25.0 Å². The van der Waals surface area contributed by atoms with E-state index in [0.29, 0.717) is 65.4 Å². The van der Waals surface area contributed by atoms with Crippen molar-refractivity contribution in [1.82, 2.24) is 15.2 Å². The zero-order valence-corrected chi connectivity index (χ0v) is 20.1. The summed E-state index contributed by atoms with van der Waals surface area (Å²) in [6.45, 7) is 2.08. The average Bonchev–Trinajstić information content (AvgIpc) is 3.37. The molecule has 3 heterocycles. The Kier molecular flexibility index (Phi) is 7.94. The van der Waals surface area contributed by atoms with E-state index in [4.69, 9.17) is 31.2 Å². The average molecular weight is 505 g/mol. The lowest BCUT2D eigenvalue weighted by molar-refractivity contribution is -0.138. The number of nitrogens with one attached hydrogen (secondary N) is 1. The molecule has 0 radical (unpaired) electrons. The number of methoxy groups -OCH3 is 1. The van der Waals surface area contributed by atoms with Gasteiger partial charge in [0.15, 0.2) is 10.8 Å². The Hall–Kier alpha value is -2.79. The minimum atomic E-state index is -0.850. The van der Waals surface area contributed by atoms with Crippen molar-refractivity contribution in [2.75, 3.05) is 33.4 Å². The van der Waals surface area contributed by atoms with Gasteiger partial charge in [0.05, 0.1) is 25.4 Å². The summed E-state index contributed by atoms with van der Waals surface area (Å²) in [5.41, 5.74) is 1.72. The molecule has 0 saturated carbocycles. The van der Waals surface area contributed by atoms with E-state index in [9.17, 15) is 9.59 Å². The number of aliphatic imine (C=N–C) groups is 1. The SMILES string of the molecule is COC(=O)C1=C(CN2CCO[C@H](CCC(=O)O)C2)NC(c2nccs2)=N[C@H]1c1ccccc1Cl. The van der Waals surface area contributed by atoms with E-state index in [1.807, 2.05) is 23.6 Å². The van der Waals surface area contributed by atoms with Crippen LogP contribution in [-0.2, 0) is 19.1 Å². The van der Waals surface area contributed by atoms with Gasteiger partial charge in [0.25, 0.3) is 0 Å². The maximum absolute atomic E-state index is 13.0. The molecule has 0 unspecified atom stereocenters. The number of esters is 1. The van der Waals surface area contributed by atoms with Gasteiger partial charge in [-0.25, -0.2) is 9.78 Å². The van der Waals surface area contributed by atoms with Crippen molar-refractivity contribution >= 4 is 40.7 Å². The molecule has 2 atom stereocenters. The van der Waals surface area contributed by atoms with E-state index in [1.54, 1.807) is 12.3 Å². The van der Waals surface area contributed by atoms with Gasteiger partial charge in [-0.15, -0.1) is 11.3 Å². The Bertz CT molecular complexity index is 1100. The first kappa shape index (κ1) is 24.3. The van der Waals surface area contributed by atoms with Crippen LogP contribution in [0.5, 0.6) is 0 Å². The molecule has 2 aromatic rings. The van der Waals surface area contributed by atoms with Crippen molar-refractivity contribution in [2.24, 2.45) is 4.99 Å². The summed E-state index contributed by atoms with van der Waals surface area (Å²) in [4.78, 5) is 35.3. The summed E-state index contributed by atoms with van der Waals surface area (Å²) in [6, 6.07) is 6.62. The minimum Gasteiger partial charge on any atom is -0.481 e. The highest BCUT2D eigenvalue weighted by Gasteiger charge is 2.35. The molecular weight excluding hydrogens is 480 g/mol. The summed E-state index contributed by atoms with van der Waals surface area (Å²) >= 11 is 7.95. The first-order valence-corrected chi connectivity index (χ1v) is 12.1. The molecule has 1 fully saturated rings. The number of amidine groups is 1. The largest absolute Gasteiger partial charge is 0.481 e. The standard InChI is InChI=1S/C23H25ClN4O5S/c1-32-23(31)19-17(13-28-9-10-33-14(12-28)6-7-18(29)30)26-21(22-25-8-11-34-22)27-20(19)15-4-2-3-5-16(15)24/h2-5,8,11,14,20H,6-7,9-10,12-13H2,1H3,(H,26,27)(H,29,30)/t14-,20+/m1/s1. The van der Waals surface area contributed by atoms with E-state index in [2.05, 4.69) is 15.2 Å². The molecule has 9 nitrogen and oxygen atoms in total. The van der Waals surface area contributed by atoms with E-state index >= 15 is 0 Å². The Morgan fingerprint density at radius 1 is 1.38 bits per heavy atom. The summed E-state index contributed by atoms with van der Waals surface area (Å²) in [5, 5.41) is 15.4. The lowest BCUT2D eigenvalue weighted by Gasteiger charge is -2.35. The highest BCUT2D eigenvalue weighted by atomic mass is 35.5. The first-order valence-electron chi connectivity index (χ1n) is 10.8. The molecule has 2 aliphatic rings. The van der Waals surface area contributed by atoms with Gasteiger partial charge in [-0.1, -0.05) is 29.8 Å². The van der Waals surface area contributed by atoms with Crippen LogP contribution < -0.4 is 5.32 Å². The smallest absolute Gasteiger partial charge is 0.338 e. The highest BCUT2D eigenvalue weighted by molar-refractivity contribution is 7.11. The van der Waals surface area contributed by atoms with E-state index in [0.717, 1.165) is 0 Å². The van der Waals surface area contributed by atoms with Crippen molar-refractivity contribution in [3.8, 4) is 0 Å². The summed E-state index contributed by atoms with van der Waals surface area (Å²) < 4.78 is 10.9. The lowest BCUT2D eigenvalue weighted by atomic mass is 9.95. The zero-order valence-electron chi connectivity index (χ0n) is 18.6. The maximum atomic E-state index is 13.0. The Balaban J connectivity index is 1.69. The molecule has 0 bridgehead atoms. The fraction of sp³-hybridized carbons (Fsp3) is 0.391. The van der Waals surface area contributed by atoms with Crippen molar-refractivity contribution < 1.29 is 24.2 Å². The molecule has 1 aromatic heterocycles. The number of benzene rings is 1. The van der Waals surface area contributed by atoms with Crippen LogP contribution in [-0.4, -0.2) is 72.2 Å². The fourth-order valence-electron chi connectivity index (χ4n) is 4.05. The number of halogens is 1. The number of hydrogen-bond donors (Lipinski definition) is 2. The van der Waals surface area contributed by atoms with Gasteiger partial charge in [0, 0.05) is 53.9 Å². The quantitative estimate of drug-likeness (QED) is 0.527. The summed E-state index contributed by atoms with van der Waals surface area (Å²) in [7, 11) is 1.34. The molecule has 0 amide bonds. The van der Waals surface area contributed by atoms with Gasteiger partial charge in [-0.2, -0.15) is 0 Å². The number of aliphatic carboxylic acids is 1. The third-order valence-electron chi connectivity index (χ3n) is 5.65. The highest BCUT2D eigenvalue weighted by Crippen LogP contribution is 2.36. The second-order valence-electron chi connectivity index (χ2n) is 7.91. The first-order chi connectivity index (χ1) is 16.5. The number of carbonyl (C=O) groups excluding carboxylic acids is 1. The maximum Gasteiger partial charge on any atom is 0.338 e. The van der Waals surface area contributed by atoms with Crippen LogP contribution in [0.1, 0.15) is 29.5 Å². The molecule has 0 aliphatic carbocycles. The van der Waals surface area contributed by atoms with E-state index in [-0.39, 0.29) is 12.5 Å². The van der Waals surface area contributed by atoms with Crippen LogP contribution in [0.2, 0.25) is 5.02 Å². The van der Waals surface area contributed by atoms with E-state index < -0.39 is 18.0 Å². The number of carboxylic acids is 1. The molecule has 1 saturated heterocycles. The van der Waals surface area contributed by atoms with Gasteiger partial charge < -0.3 is 19.9 Å². The fourth-order valence-corrected chi connectivity index (χ4v) is 4.88. The predicted molar refractivity (Wildman–Crippen MR) is 128 cm³/mol. The molecule has 180 valence electrons. The van der Waals surface area contributed by atoms with Crippen LogP contribution in [0.3, 0.4) is 0 Å².